The second-order valence-corrected chi connectivity index (χ2v) is 9.50. The van der Waals surface area contributed by atoms with Crippen molar-refractivity contribution in [1.82, 2.24) is 25.3 Å². The maximum absolute atomic E-state index is 13.6. The number of hydrogen-bond donors (Lipinski definition) is 2. The van der Waals surface area contributed by atoms with Crippen LogP contribution in [-0.2, 0) is 12.6 Å². The summed E-state index contributed by atoms with van der Waals surface area (Å²) in [5.41, 5.74) is 2.16. The fourth-order valence-electron chi connectivity index (χ4n) is 3.87. The van der Waals surface area contributed by atoms with E-state index >= 15 is 0 Å². The van der Waals surface area contributed by atoms with Crippen LogP contribution in [0.5, 0.6) is 0 Å². The number of rotatable bonds is 8. The van der Waals surface area contributed by atoms with Crippen LogP contribution in [0.4, 0.5) is 19.0 Å². The average Bonchev–Trinajstić information content (AvgIpc) is 2.90. The number of nitrogens with zero attached hydrogens (tertiary/aromatic N) is 4. The lowest BCUT2D eigenvalue weighted by Crippen LogP contribution is -2.22. The molecule has 3 aromatic heterocycles. The second kappa shape index (κ2) is 11.1. The third kappa shape index (κ3) is 6.16. The fraction of sp³-hybridized carbons (Fsp3) is 0.269. The Bertz CT molecular complexity index is 1410. The van der Waals surface area contributed by atoms with Crippen molar-refractivity contribution in [3.63, 3.8) is 0 Å². The first kappa shape index (κ1) is 26.3. The molecule has 192 valence electrons. The molecule has 4 aromatic rings. The van der Waals surface area contributed by atoms with E-state index in [0.717, 1.165) is 23.0 Å². The van der Waals surface area contributed by atoms with Gasteiger partial charge in [0.1, 0.15) is 17.8 Å². The summed E-state index contributed by atoms with van der Waals surface area (Å²) in [7, 11) is 1.38. The van der Waals surface area contributed by atoms with E-state index in [9.17, 15) is 18.0 Å². The number of para-hydroxylation sites is 1. The maximum Gasteiger partial charge on any atom is 0.433 e. The highest BCUT2D eigenvalue weighted by molar-refractivity contribution is 7.99. The summed E-state index contributed by atoms with van der Waals surface area (Å²) in [4.78, 5) is 29.2. The smallest absolute Gasteiger partial charge is 0.369 e. The van der Waals surface area contributed by atoms with Crippen LogP contribution in [0.2, 0.25) is 0 Å². The highest BCUT2D eigenvalue weighted by Gasteiger charge is 2.34. The van der Waals surface area contributed by atoms with Gasteiger partial charge in [-0.25, -0.2) is 15.0 Å². The van der Waals surface area contributed by atoms with Crippen molar-refractivity contribution >= 4 is 34.4 Å². The highest BCUT2D eigenvalue weighted by Crippen LogP contribution is 2.33. The van der Waals surface area contributed by atoms with E-state index in [4.69, 9.17) is 0 Å². The molecule has 1 aromatic carbocycles. The number of fused-ring (bicyclic) bond motifs is 1. The largest absolute Gasteiger partial charge is 0.433 e. The van der Waals surface area contributed by atoms with Crippen LogP contribution in [0.15, 0.2) is 55.0 Å². The van der Waals surface area contributed by atoms with Crippen LogP contribution in [0, 0.1) is 6.92 Å². The van der Waals surface area contributed by atoms with E-state index in [1.165, 1.54) is 13.4 Å². The number of hydrogen-bond acceptors (Lipinski definition) is 7. The number of nitrogens with one attached hydrogen (secondary N) is 2. The van der Waals surface area contributed by atoms with E-state index < -0.39 is 17.8 Å². The van der Waals surface area contributed by atoms with Gasteiger partial charge in [0.15, 0.2) is 0 Å². The number of thioether (sulfide) groups is 1. The van der Waals surface area contributed by atoms with Gasteiger partial charge in [0.25, 0.3) is 5.91 Å². The van der Waals surface area contributed by atoms with Crippen LogP contribution >= 0.6 is 11.8 Å². The Morgan fingerprint density at radius 1 is 1.11 bits per heavy atom. The summed E-state index contributed by atoms with van der Waals surface area (Å²) < 4.78 is 40.7. The van der Waals surface area contributed by atoms with Gasteiger partial charge in [-0.3, -0.25) is 9.78 Å². The predicted molar refractivity (Wildman–Crippen MR) is 140 cm³/mol. The molecule has 2 N–H and O–H groups in total. The van der Waals surface area contributed by atoms with Gasteiger partial charge in [-0.1, -0.05) is 18.2 Å². The van der Waals surface area contributed by atoms with E-state index in [2.05, 4.69) is 30.6 Å². The van der Waals surface area contributed by atoms with Crippen molar-refractivity contribution in [2.75, 3.05) is 25.2 Å². The molecule has 3 heterocycles. The number of aromatic nitrogens is 4. The zero-order valence-electron chi connectivity index (χ0n) is 20.4. The molecule has 0 saturated carbocycles. The summed E-state index contributed by atoms with van der Waals surface area (Å²) in [6.45, 7) is 2.41. The summed E-state index contributed by atoms with van der Waals surface area (Å²) >= 11 is 1.57. The number of aryl methyl sites for hydroxylation is 1. The summed E-state index contributed by atoms with van der Waals surface area (Å²) in [6.07, 6.45) is 0.918. The third-order valence-corrected chi connectivity index (χ3v) is 6.85. The molecule has 37 heavy (non-hydrogen) atoms. The minimum absolute atomic E-state index is 0.00940. The predicted octanol–water partition coefficient (Wildman–Crippen LogP) is 5.16. The third-order valence-electron chi connectivity index (χ3n) is 5.85. The standard InChI is InChI=1S/C26H25F3N6OS/c1-15-7-8-17(12-31-15)21-11-23(34-14-33-21)32-13-18(37-3)9-16-5-4-6-19-20(25(36)30-2)10-22(26(27,28)29)35-24(16)19/h4-8,10-12,14,18H,9,13H2,1-3H3,(H,30,36)(H,32,33,34). The van der Waals surface area contributed by atoms with Crippen molar-refractivity contribution in [3.05, 3.63) is 77.5 Å². The van der Waals surface area contributed by atoms with Crippen molar-refractivity contribution in [3.8, 4) is 11.3 Å². The molecule has 1 amide bonds. The molecular formula is C26H25F3N6OS. The number of benzene rings is 1. The van der Waals surface area contributed by atoms with E-state index in [-0.39, 0.29) is 16.3 Å². The van der Waals surface area contributed by atoms with Gasteiger partial charge in [-0.15, -0.1) is 0 Å². The van der Waals surface area contributed by atoms with Crippen LogP contribution in [-0.4, -0.2) is 50.9 Å². The molecule has 4 rings (SSSR count). The number of carbonyl (C=O) groups is 1. The molecule has 0 radical (unpaired) electrons. The van der Waals surface area contributed by atoms with Gasteiger partial charge >= 0.3 is 6.18 Å². The van der Waals surface area contributed by atoms with Crippen LogP contribution in [0.25, 0.3) is 22.2 Å². The van der Waals surface area contributed by atoms with E-state index in [1.54, 1.807) is 36.2 Å². The molecular weight excluding hydrogens is 501 g/mol. The fourth-order valence-corrected chi connectivity index (χ4v) is 4.47. The normalized spacial score (nSPS) is 12.4. The molecule has 11 heteroatoms. The Morgan fingerprint density at radius 3 is 2.59 bits per heavy atom. The number of amides is 1. The first-order valence-corrected chi connectivity index (χ1v) is 12.7. The topological polar surface area (TPSA) is 92.7 Å². The second-order valence-electron chi connectivity index (χ2n) is 8.36. The summed E-state index contributed by atoms with van der Waals surface area (Å²) in [5.74, 6) is 0.0309. The molecule has 7 nitrogen and oxygen atoms in total. The molecule has 0 bridgehead atoms. The average molecular weight is 527 g/mol. The molecule has 0 spiro atoms. The number of anilines is 1. The van der Waals surface area contributed by atoms with E-state index in [0.29, 0.717) is 29.7 Å². The van der Waals surface area contributed by atoms with E-state index in [1.807, 2.05) is 31.4 Å². The zero-order valence-corrected chi connectivity index (χ0v) is 21.2. The van der Waals surface area contributed by atoms with Crippen molar-refractivity contribution in [2.45, 2.75) is 24.8 Å². The first-order chi connectivity index (χ1) is 17.7. The lowest BCUT2D eigenvalue weighted by Gasteiger charge is -2.18. The summed E-state index contributed by atoms with van der Waals surface area (Å²) in [6, 6.07) is 11.6. The molecule has 1 atom stereocenters. The van der Waals surface area contributed by atoms with Gasteiger partial charge in [0.2, 0.25) is 0 Å². The Labute approximate surface area is 216 Å². The monoisotopic (exact) mass is 526 g/mol. The van der Waals surface area contributed by atoms with Crippen LogP contribution < -0.4 is 10.6 Å². The van der Waals surface area contributed by atoms with Gasteiger partial charge in [0.05, 0.1) is 16.8 Å². The lowest BCUT2D eigenvalue weighted by molar-refractivity contribution is -0.141. The van der Waals surface area contributed by atoms with Gasteiger partial charge < -0.3 is 10.6 Å². The quantitative estimate of drug-likeness (QED) is 0.328. The Hall–Kier alpha value is -3.73. The van der Waals surface area contributed by atoms with Crippen LogP contribution in [0.3, 0.4) is 0 Å². The van der Waals surface area contributed by atoms with Gasteiger partial charge in [0, 0.05) is 47.7 Å². The van der Waals surface area contributed by atoms with Crippen molar-refractivity contribution in [1.29, 1.82) is 0 Å². The number of pyridine rings is 2. The summed E-state index contributed by atoms with van der Waals surface area (Å²) in [5, 5.41) is 6.09. The van der Waals surface area contributed by atoms with Crippen molar-refractivity contribution < 1.29 is 18.0 Å². The Balaban J connectivity index is 1.58. The van der Waals surface area contributed by atoms with Gasteiger partial charge in [-0.05, 0) is 43.4 Å². The highest BCUT2D eigenvalue weighted by atomic mass is 32.2. The maximum atomic E-state index is 13.6. The molecule has 0 aliphatic rings. The molecule has 0 aliphatic carbocycles. The first-order valence-electron chi connectivity index (χ1n) is 11.4. The Kier molecular flexibility index (Phi) is 7.91. The van der Waals surface area contributed by atoms with Crippen molar-refractivity contribution in [2.24, 2.45) is 0 Å². The zero-order chi connectivity index (χ0) is 26.6. The lowest BCUT2D eigenvalue weighted by atomic mass is 10.00. The SMILES string of the molecule is CNC(=O)c1cc(C(F)(F)F)nc2c(CC(CNc3cc(-c4ccc(C)nc4)ncn3)SC)cccc12. The minimum atomic E-state index is -4.68. The molecule has 0 fully saturated rings. The number of carbonyl (C=O) groups excluding carboxylic acids is 1. The number of alkyl halides is 3. The minimum Gasteiger partial charge on any atom is -0.369 e. The molecule has 0 aliphatic heterocycles. The number of halogens is 3. The molecule has 1 unspecified atom stereocenters. The Morgan fingerprint density at radius 2 is 1.92 bits per heavy atom. The van der Waals surface area contributed by atoms with Gasteiger partial charge in [-0.2, -0.15) is 24.9 Å². The van der Waals surface area contributed by atoms with Crippen LogP contribution in [0.1, 0.15) is 27.3 Å². The molecule has 0 saturated heterocycles.